The average molecular weight is 366 g/mol. The fourth-order valence-electron chi connectivity index (χ4n) is 3.50. The highest BCUT2D eigenvalue weighted by molar-refractivity contribution is 5.99. The monoisotopic (exact) mass is 366 g/mol. The number of rotatable bonds is 5. The molecular weight excluding hydrogens is 347 g/mol. The lowest BCUT2D eigenvalue weighted by Gasteiger charge is -2.17. The van der Waals surface area contributed by atoms with Crippen molar-refractivity contribution < 1.29 is 8.81 Å². The maximum atomic E-state index is 14.5. The molecule has 0 spiro atoms. The molecule has 0 atom stereocenters. The minimum absolute atomic E-state index is 0.259. The van der Waals surface area contributed by atoms with E-state index in [0.717, 1.165) is 39.8 Å². The van der Waals surface area contributed by atoms with Gasteiger partial charge < -0.3 is 4.42 Å². The molecule has 28 heavy (non-hydrogen) atoms. The van der Waals surface area contributed by atoms with E-state index in [1.165, 1.54) is 6.07 Å². The van der Waals surface area contributed by atoms with Crippen LogP contribution in [-0.2, 0) is 0 Å². The molecule has 136 valence electrons. The van der Waals surface area contributed by atoms with Gasteiger partial charge >= 0.3 is 0 Å². The van der Waals surface area contributed by atoms with Crippen LogP contribution in [0, 0.1) is 17.9 Å². The molecule has 1 heterocycles. The molecule has 1 aromatic heterocycles. The Kier molecular flexibility index (Phi) is 5.20. The number of halogens is 1. The normalized spacial score (nSPS) is 10.6. The molecule has 4 aromatic rings. The first-order valence-electron chi connectivity index (χ1n) is 9.26. The molecule has 0 bridgehead atoms. The lowest BCUT2D eigenvalue weighted by molar-refractivity contribution is 0.567. The molecule has 0 saturated heterocycles. The Bertz CT molecular complexity index is 1040. The zero-order valence-corrected chi connectivity index (χ0v) is 15.6. The largest absolute Gasteiger partial charge is 0.472 e. The summed E-state index contributed by atoms with van der Waals surface area (Å²) in [4.78, 5) is 0. The highest BCUT2D eigenvalue weighted by Crippen LogP contribution is 2.36. The van der Waals surface area contributed by atoms with Gasteiger partial charge in [-0.15, -0.1) is 0 Å². The highest BCUT2D eigenvalue weighted by Gasteiger charge is 2.15. The molecule has 3 aromatic carbocycles. The van der Waals surface area contributed by atoms with Gasteiger partial charge in [0.1, 0.15) is 5.82 Å². The summed E-state index contributed by atoms with van der Waals surface area (Å²) >= 11 is 0. The van der Waals surface area contributed by atoms with Crippen LogP contribution in [0.1, 0.15) is 30.0 Å². The molecule has 1 nitrogen and oxygen atoms in total. The van der Waals surface area contributed by atoms with Crippen molar-refractivity contribution >= 4 is 11.1 Å². The van der Waals surface area contributed by atoms with E-state index in [-0.39, 0.29) is 5.82 Å². The van der Waals surface area contributed by atoms with Gasteiger partial charge in [0, 0.05) is 11.1 Å². The van der Waals surface area contributed by atoms with Crippen molar-refractivity contribution in [1.82, 2.24) is 0 Å². The zero-order valence-electron chi connectivity index (χ0n) is 15.6. The standard InChI is InChI=1S/C26H19FO/c1-2-23(21-13-14-25(27)24(17-21)22-15-16-28-18-22)26(19-9-5-3-6-10-19)20-11-7-4-8-12-20/h5-18H,2H2,1H3. The topological polar surface area (TPSA) is 13.1 Å². The predicted molar refractivity (Wildman–Crippen MR) is 111 cm³/mol. The van der Waals surface area contributed by atoms with E-state index in [0.29, 0.717) is 5.56 Å². The van der Waals surface area contributed by atoms with E-state index < -0.39 is 0 Å². The van der Waals surface area contributed by atoms with Gasteiger partial charge in [0.2, 0.25) is 0 Å². The van der Waals surface area contributed by atoms with Gasteiger partial charge in [-0.25, -0.2) is 4.39 Å². The second kappa shape index (κ2) is 8.10. The summed E-state index contributed by atoms with van der Waals surface area (Å²) in [5.41, 5.74) is 6.78. The van der Waals surface area contributed by atoms with Gasteiger partial charge in [-0.2, -0.15) is 0 Å². The fraction of sp³-hybridized carbons (Fsp3) is 0.0769. The Balaban J connectivity index is 1.96. The van der Waals surface area contributed by atoms with Crippen LogP contribution in [0.5, 0.6) is 0 Å². The molecule has 0 aliphatic heterocycles. The number of allylic oxidation sites excluding steroid dienone is 1. The van der Waals surface area contributed by atoms with Crippen LogP contribution in [0.15, 0.2) is 89.7 Å². The third-order valence-corrected chi connectivity index (χ3v) is 4.82. The fourth-order valence-corrected chi connectivity index (χ4v) is 3.50. The van der Waals surface area contributed by atoms with Crippen LogP contribution in [0.25, 0.3) is 22.3 Å². The van der Waals surface area contributed by atoms with Crippen LogP contribution in [0.2, 0.25) is 0 Å². The van der Waals surface area contributed by atoms with E-state index in [1.54, 1.807) is 18.6 Å². The summed E-state index contributed by atoms with van der Waals surface area (Å²) in [5, 5.41) is 0. The number of furan rings is 1. The molecule has 2 heteroatoms. The van der Waals surface area contributed by atoms with Gasteiger partial charge in [-0.05, 0) is 64.6 Å². The van der Waals surface area contributed by atoms with Crippen LogP contribution in [-0.4, -0.2) is 0 Å². The highest BCUT2D eigenvalue weighted by atomic mass is 19.1. The number of benzene rings is 3. The minimum atomic E-state index is -0.259. The molecule has 0 saturated carbocycles. The van der Waals surface area contributed by atoms with Crippen LogP contribution >= 0.6 is 0 Å². The Morgan fingerprint density at radius 1 is 0.857 bits per heavy atom. The zero-order chi connectivity index (χ0) is 19.3. The summed E-state index contributed by atoms with van der Waals surface area (Å²) in [6.07, 6.45) is 3.94. The van der Waals surface area contributed by atoms with Crippen molar-refractivity contribution in [2.24, 2.45) is 0 Å². The Hall–Kier alpha value is -3.39. The first-order valence-corrected chi connectivity index (χ1v) is 9.26. The van der Waals surface area contributed by atoms with E-state index in [2.05, 4.69) is 43.3 Å². The maximum Gasteiger partial charge on any atom is 0.131 e. The summed E-state index contributed by atoms with van der Waals surface area (Å²) in [7, 11) is 0. The Labute approximate surface area is 164 Å². The SMILES string of the molecule is CCC(=C(c1cc[c]cc1)c1cc[c]cc1)c1ccc(F)c(-c2ccoc2)c1. The number of hydrogen-bond acceptors (Lipinski definition) is 1. The average Bonchev–Trinajstić information content (AvgIpc) is 3.28. The molecule has 0 fully saturated rings. The first-order chi connectivity index (χ1) is 13.8. The lowest BCUT2D eigenvalue weighted by Crippen LogP contribution is -1.96. The molecule has 4 rings (SSSR count). The third-order valence-electron chi connectivity index (χ3n) is 4.82. The second-order valence-corrected chi connectivity index (χ2v) is 6.49. The number of hydrogen-bond donors (Lipinski definition) is 0. The Morgan fingerprint density at radius 3 is 2.04 bits per heavy atom. The van der Waals surface area contributed by atoms with E-state index in [4.69, 9.17) is 4.42 Å². The van der Waals surface area contributed by atoms with Crippen LogP contribution in [0.4, 0.5) is 4.39 Å². The van der Waals surface area contributed by atoms with Crippen LogP contribution in [0.3, 0.4) is 0 Å². The summed E-state index contributed by atoms with van der Waals surface area (Å²) in [5.74, 6) is -0.259. The molecule has 2 radical (unpaired) electrons. The van der Waals surface area contributed by atoms with Gasteiger partial charge in [-0.3, -0.25) is 0 Å². The quantitative estimate of drug-likeness (QED) is 0.345. The first kappa shape index (κ1) is 18.0. The molecular formula is C26H19FO. The van der Waals surface area contributed by atoms with Gasteiger partial charge in [-0.1, -0.05) is 61.5 Å². The summed E-state index contributed by atoms with van der Waals surface area (Å²) in [6.45, 7) is 2.13. The van der Waals surface area contributed by atoms with E-state index >= 15 is 0 Å². The van der Waals surface area contributed by atoms with E-state index in [1.807, 2.05) is 36.4 Å². The van der Waals surface area contributed by atoms with Crippen molar-refractivity contribution in [1.29, 1.82) is 0 Å². The van der Waals surface area contributed by atoms with Crippen LogP contribution < -0.4 is 0 Å². The summed E-state index contributed by atoms with van der Waals surface area (Å²) in [6, 6.07) is 29.1. The van der Waals surface area contributed by atoms with Crippen molar-refractivity contribution in [3.63, 3.8) is 0 Å². The molecule has 0 aliphatic rings. The predicted octanol–water partition coefficient (Wildman–Crippen LogP) is 7.06. The van der Waals surface area contributed by atoms with Gasteiger partial charge in [0.25, 0.3) is 0 Å². The lowest BCUT2D eigenvalue weighted by atomic mass is 9.87. The second-order valence-electron chi connectivity index (χ2n) is 6.49. The maximum absolute atomic E-state index is 14.5. The molecule has 0 amide bonds. The molecule has 0 aliphatic carbocycles. The van der Waals surface area contributed by atoms with E-state index in [9.17, 15) is 4.39 Å². The van der Waals surface area contributed by atoms with Crippen molar-refractivity contribution in [3.05, 3.63) is 120 Å². The van der Waals surface area contributed by atoms with Crippen molar-refractivity contribution in [3.8, 4) is 11.1 Å². The smallest absolute Gasteiger partial charge is 0.131 e. The van der Waals surface area contributed by atoms with Gasteiger partial charge in [0.05, 0.1) is 12.5 Å². The molecule has 0 unspecified atom stereocenters. The van der Waals surface area contributed by atoms with Crippen molar-refractivity contribution in [2.45, 2.75) is 13.3 Å². The minimum Gasteiger partial charge on any atom is -0.472 e. The third kappa shape index (κ3) is 3.54. The molecule has 0 N–H and O–H groups in total. The Morgan fingerprint density at radius 2 is 1.50 bits per heavy atom. The summed E-state index contributed by atoms with van der Waals surface area (Å²) < 4.78 is 19.6. The van der Waals surface area contributed by atoms with Gasteiger partial charge in [0.15, 0.2) is 0 Å². The van der Waals surface area contributed by atoms with Crippen molar-refractivity contribution in [2.75, 3.05) is 0 Å².